The van der Waals surface area contributed by atoms with Gasteiger partial charge in [-0.3, -0.25) is 24.3 Å². The summed E-state index contributed by atoms with van der Waals surface area (Å²) < 4.78 is 1.14. The third-order valence-electron chi connectivity index (χ3n) is 4.27. The zero-order valence-corrected chi connectivity index (χ0v) is 15.1. The fourth-order valence-corrected chi connectivity index (χ4v) is 3.08. The smallest absolute Gasteiger partial charge is 0.270 e. The standard InChI is InChI=1S/C19H18N4O4/c1-11-6-12(2)18(13(3)7-11)21-17(24)9-22-10-20-16-5-4-14(23(26)27)8-15(16)19(22)25/h4-8,10H,9H2,1-3H3,(H,21,24). The Hall–Kier alpha value is -3.55. The van der Waals surface area contributed by atoms with Gasteiger partial charge in [-0.2, -0.15) is 0 Å². The van der Waals surface area contributed by atoms with Crippen LogP contribution in [0.4, 0.5) is 11.4 Å². The Labute approximate surface area is 154 Å². The molecule has 3 aromatic rings. The van der Waals surface area contributed by atoms with Crippen LogP contribution in [0.25, 0.3) is 10.9 Å². The van der Waals surface area contributed by atoms with E-state index in [4.69, 9.17) is 0 Å². The third-order valence-corrected chi connectivity index (χ3v) is 4.27. The normalized spacial score (nSPS) is 10.8. The van der Waals surface area contributed by atoms with Crippen LogP contribution in [-0.2, 0) is 11.3 Å². The first-order chi connectivity index (χ1) is 12.8. The maximum absolute atomic E-state index is 12.6. The lowest BCUT2D eigenvalue weighted by atomic mass is 10.1. The van der Waals surface area contributed by atoms with Crippen LogP contribution in [0.15, 0.2) is 41.5 Å². The number of non-ortho nitro benzene ring substituents is 1. The quantitative estimate of drug-likeness (QED) is 0.564. The highest BCUT2D eigenvalue weighted by Gasteiger charge is 2.14. The SMILES string of the molecule is Cc1cc(C)c(NC(=O)Cn2cnc3ccc([N+](=O)[O-])cc3c2=O)c(C)c1. The number of nitrogens with zero attached hydrogens (tertiary/aromatic N) is 3. The molecule has 8 heteroatoms. The number of hydrogen-bond acceptors (Lipinski definition) is 5. The summed E-state index contributed by atoms with van der Waals surface area (Å²) in [4.78, 5) is 39.5. The molecule has 0 saturated carbocycles. The van der Waals surface area contributed by atoms with E-state index in [0.29, 0.717) is 11.2 Å². The van der Waals surface area contributed by atoms with Gasteiger partial charge in [-0.1, -0.05) is 17.7 Å². The van der Waals surface area contributed by atoms with Crippen LogP contribution >= 0.6 is 0 Å². The molecular weight excluding hydrogens is 348 g/mol. The van der Waals surface area contributed by atoms with E-state index in [9.17, 15) is 19.7 Å². The van der Waals surface area contributed by atoms with Crippen molar-refractivity contribution in [3.8, 4) is 0 Å². The lowest BCUT2D eigenvalue weighted by Crippen LogP contribution is -2.28. The molecule has 138 valence electrons. The minimum absolute atomic E-state index is 0.0993. The highest BCUT2D eigenvalue weighted by atomic mass is 16.6. The molecule has 0 aliphatic heterocycles. The first kappa shape index (κ1) is 18.2. The number of benzene rings is 2. The summed E-state index contributed by atoms with van der Waals surface area (Å²) in [5, 5.41) is 13.8. The zero-order chi connectivity index (χ0) is 19.7. The molecule has 0 aliphatic rings. The lowest BCUT2D eigenvalue weighted by molar-refractivity contribution is -0.384. The van der Waals surface area contributed by atoms with Crippen LogP contribution < -0.4 is 10.9 Å². The van der Waals surface area contributed by atoms with Gasteiger partial charge in [0.05, 0.1) is 22.2 Å². The highest BCUT2D eigenvalue weighted by Crippen LogP contribution is 2.22. The Kier molecular flexibility index (Phi) is 4.72. The van der Waals surface area contributed by atoms with E-state index in [1.54, 1.807) is 0 Å². The number of hydrogen-bond donors (Lipinski definition) is 1. The Balaban J connectivity index is 1.90. The molecule has 0 radical (unpaired) electrons. The number of anilines is 1. The lowest BCUT2D eigenvalue weighted by Gasteiger charge is -2.13. The van der Waals surface area contributed by atoms with Gasteiger partial charge in [0, 0.05) is 17.8 Å². The molecule has 1 N–H and O–H groups in total. The van der Waals surface area contributed by atoms with Gasteiger partial charge in [-0.15, -0.1) is 0 Å². The highest BCUT2D eigenvalue weighted by molar-refractivity contribution is 5.92. The Morgan fingerprint density at radius 1 is 1.19 bits per heavy atom. The maximum Gasteiger partial charge on any atom is 0.270 e. The molecule has 0 saturated heterocycles. The summed E-state index contributed by atoms with van der Waals surface area (Å²) in [5.74, 6) is -0.376. The van der Waals surface area contributed by atoms with Crippen LogP contribution in [-0.4, -0.2) is 20.4 Å². The summed E-state index contributed by atoms with van der Waals surface area (Å²) in [7, 11) is 0. The Bertz CT molecular complexity index is 1110. The van der Waals surface area contributed by atoms with E-state index in [2.05, 4.69) is 10.3 Å². The van der Waals surface area contributed by atoms with Crippen molar-refractivity contribution >= 4 is 28.2 Å². The van der Waals surface area contributed by atoms with Crippen molar-refractivity contribution < 1.29 is 9.72 Å². The largest absolute Gasteiger partial charge is 0.324 e. The molecule has 1 heterocycles. The van der Waals surface area contributed by atoms with Gasteiger partial charge in [0.2, 0.25) is 5.91 Å². The number of fused-ring (bicyclic) bond motifs is 1. The number of carbonyl (C=O) groups is 1. The summed E-state index contributed by atoms with van der Waals surface area (Å²) >= 11 is 0. The molecular formula is C19H18N4O4. The molecule has 8 nitrogen and oxygen atoms in total. The van der Waals surface area contributed by atoms with Crippen LogP contribution in [0.3, 0.4) is 0 Å². The molecule has 0 unspecified atom stereocenters. The van der Waals surface area contributed by atoms with Crippen molar-refractivity contribution in [3.63, 3.8) is 0 Å². The Morgan fingerprint density at radius 3 is 2.48 bits per heavy atom. The van der Waals surface area contributed by atoms with Gasteiger partial charge in [-0.25, -0.2) is 4.98 Å². The second kappa shape index (κ2) is 6.99. The predicted octanol–water partition coefficient (Wildman–Crippen LogP) is 2.87. The van der Waals surface area contributed by atoms with Crippen molar-refractivity contribution in [2.45, 2.75) is 27.3 Å². The third kappa shape index (κ3) is 3.69. The fourth-order valence-electron chi connectivity index (χ4n) is 3.08. The minimum Gasteiger partial charge on any atom is -0.324 e. The van der Waals surface area contributed by atoms with Gasteiger partial charge in [0.1, 0.15) is 6.54 Å². The molecule has 0 aliphatic carbocycles. The van der Waals surface area contributed by atoms with Crippen LogP contribution in [0.5, 0.6) is 0 Å². The maximum atomic E-state index is 12.6. The van der Waals surface area contributed by atoms with Crippen LogP contribution in [0, 0.1) is 30.9 Å². The summed E-state index contributed by atoms with van der Waals surface area (Å²) in [6.07, 6.45) is 1.27. The van der Waals surface area contributed by atoms with E-state index < -0.39 is 10.5 Å². The van der Waals surface area contributed by atoms with Crippen molar-refractivity contribution in [3.05, 3.63) is 73.8 Å². The molecule has 3 rings (SSSR count). The number of nitro groups is 1. The van der Waals surface area contributed by atoms with Crippen molar-refractivity contribution in [1.29, 1.82) is 0 Å². The first-order valence-electron chi connectivity index (χ1n) is 8.27. The number of amides is 1. The summed E-state index contributed by atoms with van der Waals surface area (Å²) in [5.41, 5.74) is 3.31. The van der Waals surface area contributed by atoms with E-state index in [0.717, 1.165) is 21.3 Å². The van der Waals surface area contributed by atoms with E-state index >= 15 is 0 Å². The predicted molar refractivity (Wildman–Crippen MR) is 102 cm³/mol. The van der Waals surface area contributed by atoms with Crippen molar-refractivity contribution in [2.75, 3.05) is 5.32 Å². The van der Waals surface area contributed by atoms with Gasteiger partial charge in [-0.05, 0) is 38.0 Å². The topological polar surface area (TPSA) is 107 Å². The summed E-state index contributed by atoms with van der Waals surface area (Å²) in [6, 6.07) is 7.80. The molecule has 27 heavy (non-hydrogen) atoms. The number of nitrogens with one attached hydrogen (secondary N) is 1. The van der Waals surface area contributed by atoms with Gasteiger partial charge in [0.15, 0.2) is 0 Å². The average Bonchev–Trinajstić information content (AvgIpc) is 2.60. The van der Waals surface area contributed by atoms with E-state index in [1.807, 2.05) is 32.9 Å². The van der Waals surface area contributed by atoms with E-state index in [1.165, 1.54) is 24.5 Å². The Morgan fingerprint density at radius 2 is 1.85 bits per heavy atom. The molecule has 0 bridgehead atoms. The van der Waals surface area contributed by atoms with Crippen molar-refractivity contribution in [2.24, 2.45) is 0 Å². The summed E-state index contributed by atoms with van der Waals surface area (Å²) in [6.45, 7) is 5.54. The van der Waals surface area contributed by atoms with Crippen LogP contribution in [0.1, 0.15) is 16.7 Å². The number of aromatic nitrogens is 2. The minimum atomic E-state index is -0.578. The number of nitro benzene ring substituents is 1. The van der Waals surface area contributed by atoms with Gasteiger partial charge in [0.25, 0.3) is 11.2 Å². The molecule has 0 atom stereocenters. The average molecular weight is 366 g/mol. The molecule has 1 aromatic heterocycles. The zero-order valence-electron chi connectivity index (χ0n) is 15.1. The second-order valence-corrected chi connectivity index (χ2v) is 6.46. The number of aryl methyl sites for hydroxylation is 3. The molecule has 1 amide bonds. The molecule has 0 fully saturated rings. The van der Waals surface area contributed by atoms with Gasteiger partial charge < -0.3 is 5.32 Å². The molecule has 2 aromatic carbocycles. The first-order valence-corrected chi connectivity index (χ1v) is 8.27. The number of carbonyl (C=O) groups excluding carboxylic acids is 1. The van der Waals surface area contributed by atoms with Gasteiger partial charge >= 0.3 is 0 Å². The van der Waals surface area contributed by atoms with Crippen molar-refractivity contribution in [1.82, 2.24) is 9.55 Å². The van der Waals surface area contributed by atoms with E-state index in [-0.39, 0.29) is 23.5 Å². The van der Waals surface area contributed by atoms with Crippen LogP contribution in [0.2, 0.25) is 0 Å². The molecule has 0 spiro atoms. The second-order valence-electron chi connectivity index (χ2n) is 6.46. The number of rotatable bonds is 4. The fraction of sp³-hybridized carbons (Fsp3) is 0.211. The monoisotopic (exact) mass is 366 g/mol.